The van der Waals surface area contributed by atoms with E-state index in [9.17, 15) is 9.59 Å². The molecule has 1 aromatic heterocycles. The minimum atomic E-state index is -0.189. The highest BCUT2D eigenvalue weighted by molar-refractivity contribution is 5.76. The molecule has 2 fully saturated rings. The van der Waals surface area contributed by atoms with Crippen LogP contribution in [0.3, 0.4) is 0 Å². The number of carbonyl (C=O) groups excluding carboxylic acids is 1. The van der Waals surface area contributed by atoms with Gasteiger partial charge in [-0.25, -0.2) is 20.7 Å². The third-order valence-electron chi connectivity index (χ3n) is 5.12. The van der Waals surface area contributed by atoms with Crippen molar-refractivity contribution in [3.05, 3.63) is 52.2 Å². The highest BCUT2D eigenvalue weighted by Gasteiger charge is 2.29. The number of aromatic amines is 1. The van der Waals surface area contributed by atoms with Crippen molar-refractivity contribution in [1.82, 2.24) is 41.6 Å². The normalized spacial score (nSPS) is 18.9. The molecule has 0 radical (unpaired) electrons. The van der Waals surface area contributed by atoms with Crippen molar-refractivity contribution in [3.8, 4) is 0 Å². The van der Waals surface area contributed by atoms with Gasteiger partial charge in [-0.05, 0) is 18.4 Å². The molecule has 1 aromatic carbocycles. The maximum absolute atomic E-state index is 12.4. The molecule has 4 rings (SSSR count). The summed E-state index contributed by atoms with van der Waals surface area (Å²) in [4.78, 5) is 26.5. The summed E-state index contributed by atoms with van der Waals surface area (Å²) in [7, 11) is 0. The number of hydrogen-bond acceptors (Lipinski definition) is 7. The molecule has 27 heavy (non-hydrogen) atoms. The quantitative estimate of drug-likeness (QED) is 0.464. The Morgan fingerprint density at radius 3 is 2.52 bits per heavy atom. The van der Waals surface area contributed by atoms with E-state index in [4.69, 9.17) is 0 Å². The van der Waals surface area contributed by atoms with Crippen molar-refractivity contribution in [1.29, 1.82) is 0 Å². The molecule has 10 heteroatoms. The Labute approximate surface area is 156 Å². The molecule has 0 bridgehead atoms. The minimum absolute atomic E-state index is 0.104. The van der Waals surface area contributed by atoms with Gasteiger partial charge in [0, 0.05) is 19.0 Å². The van der Waals surface area contributed by atoms with Gasteiger partial charge in [0.2, 0.25) is 5.91 Å². The first-order valence-corrected chi connectivity index (χ1v) is 9.18. The van der Waals surface area contributed by atoms with Crippen LogP contribution in [0.15, 0.2) is 35.1 Å². The zero-order valence-electron chi connectivity index (χ0n) is 14.9. The Bertz CT molecular complexity index is 819. The molecule has 10 nitrogen and oxygen atoms in total. The molecule has 144 valence electrons. The van der Waals surface area contributed by atoms with Gasteiger partial charge in [0.15, 0.2) is 0 Å². The molecule has 2 aromatic rings. The lowest BCUT2D eigenvalue weighted by atomic mass is 9.95. The largest absolute Gasteiger partial charge is 0.343 e. The van der Waals surface area contributed by atoms with E-state index in [1.807, 2.05) is 35.2 Å². The Morgan fingerprint density at radius 1 is 1.11 bits per heavy atom. The van der Waals surface area contributed by atoms with Crippen LogP contribution in [0, 0.1) is 0 Å². The minimum Gasteiger partial charge on any atom is -0.343 e. The van der Waals surface area contributed by atoms with Gasteiger partial charge in [0.05, 0.1) is 19.1 Å². The van der Waals surface area contributed by atoms with Crippen LogP contribution in [0.2, 0.25) is 0 Å². The lowest BCUT2D eigenvalue weighted by molar-refractivity contribution is -0.132. The van der Waals surface area contributed by atoms with Gasteiger partial charge in [-0.3, -0.25) is 9.36 Å². The fraction of sp³-hybridized carbons (Fsp3) is 0.471. The van der Waals surface area contributed by atoms with E-state index in [1.165, 1.54) is 0 Å². The average Bonchev–Trinajstić information content (AvgIpc) is 3.33. The van der Waals surface area contributed by atoms with Crippen molar-refractivity contribution in [2.24, 2.45) is 0 Å². The summed E-state index contributed by atoms with van der Waals surface area (Å²) in [6, 6.07) is 9.88. The SMILES string of the molecule is O=C(CC1NNNN1)N1CCC(c2n[nH]c(=O)n2Cc2ccccc2)CC1. The lowest BCUT2D eigenvalue weighted by Gasteiger charge is -2.32. The van der Waals surface area contributed by atoms with E-state index in [0.717, 1.165) is 24.2 Å². The molecule has 2 aliphatic rings. The zero-order valence-corrected chi connectivity index (χ0v) is 14.9. The number of amides is 1. The summed E-state index contributed by atoms with van der Waals surface area (Å²) < 4.78 is 1.71. The summed E-state index contributed by atoms with van der Waals surface area (Å²) in [5.41, 5.74) is 12.1. The number of hydrogen-bond donors (Lipinski definition) is 5. The molecule has 5 N–H and O–H groups in total. The number of rotatable bonds is 5. The third-order valence-corrected chi connectivity index (χ3v) is 5.12. The summed E-state index contributed by atoms with van der Waals surface area (Å²) >= 11 is 0. The molecule has 0 atom stereocenters. The number of nitrogens with zero attached hydrogens (tertiary/aromatic N) is 3. The number of nitrogens with one attached hydrogen (secondary N) is 5. The number of benzene rings is 1. The number of H-pyrrole nitrogens is 1. The van der Waals surface area contributed by atoms with Gasteiger partial charge >= 0.3 is 5.69 Å². The van der Waals surface area contributed by atoms with Gasteiger partial charge in [0.1, 0.15) is 5.82 Å². The van der Waals surface area contributed by atoms with Gasteiger partial charge in [-0.15, -0.1) is 0 Å². The predicted octanol–water partition coefficient (Wildman–Crippen LogP) is -0.841. The molecular weight excluding hydrogens is 348 g/mol. The van der Waals surface area contributed by atoms with E-state index in [2.05, 4.69) is 32.1 Å². The van der Waals surface area contributed by atoms with Crippen LogP contribution >= 0.6 is 0 Å². The highest BCUT2D eigenvalue weighted by atomic mass is 16.2. The number of hydrazine groups is 3. The first kappa shape index (κ1) is 17.9. The number of aromatic nitrogens is 3. The molecule has 0 aliphatic carbocycles. The molecule has 0 saturated carbocycles. The fourth-order valence-electron chi connectivity index (χ4n) is 3.64. The van der Waals surface area contributed by atoms with Crippen LogP contribution in [-0.2, 0) is 11.3 Å². The second-order valence-corrected chi connectivity index (χ2v) is 6.91. The van der Waals surface area contributed by atoms with E-state index >= 15 is 0 Å². The van der Waals surface area contributed by atoms with E-state index in [0.29, 0.717) is 26.1 Å². The van der Waals surface area contributed by atoms with Crippen LogP contribution in [0.1, 0.15) is 36.6 Å². The average molecular weight is 372 g/mol. The predicted molar refractivity (Wildman–Crippen MR) is 97.9 cm³/mol. The summed E-state index contributed by atoms with van der Waals surface area (Å²) in [6.07, 6.45) is 1.84. The van der Waals surface area contributed by atoms with Crippen LogP contribution in [0.5, 0.6) is 0 Å². The topological polar surface area (TPSA) is 119 Å². The summed E-state index contributed by atoms with van der Waals surface area (Å²) in [6.45, 7) is 1.84. The summed E-state index contributed by atoms with van der Waals surface area (Å²) in [5, 5.41) is 6.86. The van der Waals surface area contributed by atoms with Crippen molar-refractivity contribution in [3.63, 3.8) is 0 Å². The van der Waals surface area contributed by atoms with Crippen molar-refractivity contribution in [2.75, 3.05) is 13.1 Å². The fourth-order valence-corrected chi connectivity index (χ4v) is 3.64. The maximum Gasteiger partial charge on any atom is 0.343 e. The first-order chi connectivity index (χ1) is 13.2. The summed E-state index contributed by atoms with van der Waals surface area (Å²) in [5.74, 6) is 1.05. The molecular formula is C17H24N8O2. The molecule has 0 spiro atoms. The van der Waals surface area contributed by atoms with Crippen LogP contribution in [-0.4, -0.2) is 44.8 Å². The lowest BCUT2D eigenvalue weighted by Crippen LogP contribution is -2.44. The van der Waals surface area contributed by atoms with Gasteiger partial charge in [0.25, 0.3) is 0 Å². The zero-order chi connectivity index (χ0) is 18.6. The number of likely N-dealkylation sites (tertiary alicyclic amines) is 1. The Kier molecular flexibility index (Phi) is 5.30. The van der Waals surface area contributed by atoms with E-state index in [1.54, 1.807) is 4.57 Å². The standard InChI is InChI=1S/C17H24N8O2/c26-15(10-14-18-22-23-19-14)24-8-6-13(7-9-24)16-20-21-17(27)25(16)11-12-4-2-1-3-5-12/h1-5,13-14,18-19,22-23H,6-11H2,(H,21,27). The van der Waals surface area contributed by atoms with Gasteiger partial charge in [-0.1, -0.05) is 30.3 Å². The molecule has 3 heterocycles. The molecule has 2 saturated heterocycles. The van der Waals surface area contributed by atoms with E-state index in [-0.39, 0.29) is 23.7 Å². The number of piperidine rings is 1. The Morgan fingerprint density at radius 2 is 1.81 bits per heavy atom. The van der Waals surface area contributed by atoms with Gasteiger partial charge < -0.3 is 4.90 Å². The highest BCUT2D eigenvalue weighted by Crippen LogP contribution is 2.26. The van der Waals surface area contributed by atoms with Crippen molar-refractivity contribution >= 4 is 5.91 Å². The van der Waals surface area contributed by atoms with Gasteiger partial charge in [-0.2, -0.15) is 16.2 Å². The van der Waals surface area contributed by atoms with Crippen LogP contribution in [0.4, 0.5) is 0 Å². The monoisotopic (exact) mass is 372 g/mol. The second-order valence-electron chi connectivity index (χ2n) is 6.91. The Hall–Kier alpha value is -2.53. The third kappa shape index (κ3) is 4.08. The number of carbonyl (C=O) groups is 1. The maximum atomic E-state index is 12.4. The van der Waals surface area contributed by atoms with Crippen LogP contribution in [0.25, 0.3) is 0 Å². The second kappa shape index (κ2) is 8.01. The first-order valence-electron chi connectivity index (χ1n) is 9.18. The molecule has 1 amide bonds. The van der Waals surface area contributed by atoms with Crippen molar-refractivity contribution < 1.29 is 4.79 Å². The van der Waals surface area contributed by atoms with Crippen molar-refractivity contribution in [2.45, 2.75) is 37.9 Å². The smallest absolute Gasteiger partial charge is 0.343 e. The molecule has 0 unspecified atom stereocenters. The van der Waals surface area contributed by atoms with Crippen LogP contribution < -0.4 is 27.6 Å². The molecule has 2 aliphatic heterocycles. The Balaban J connectivity index is 1.38. The van der Waals surface area contributed by atoms with E-state index < -0.39 is 0 Å².